The van der Waals surface area contributed by atoms with E-state index < -0.39 is 0 Å². The number of fused-ring (bicyclic) bond motifs is 1. The van der Waals surface area contributed by atoms with Gasteiger partial charge in [-0.05, 0) is 52.3 Å². The molecule has 3 aromatic rings. The molecule has 2 aromatic heterocycles. The fraction of sp³-hybridized carbons (Fsp3) is 0.100. The van der Waals surface area contributed by atoms with Crippen LogP contribution in [-0.2, 0) is 4.79 Å². The van der Waals surface area contributed by atoms with Crippen molar-refractivity contribution in [2.75, 3.05) is 23.2 Å². The highest BCUT2D eigenvalue weighted by Gasteiger charge is 2.17. The van der Waals surface area contributed by atoms with E-state index in [9.17, 15) is 9.59 Å². The van der Waals surface area contributed by atoms with Crippen LogP contribution in [0.3, 0.4) is 0 Å². The van der Waals surface area contributed by atoms with Gasteiger partial charge in [-0.1, -0.05) is 11.8 Å². The van der Waals surface area contributed by atoms with Gasteiger partial charge in [-0.2, -0.15) is 0 Å². The molecule has 0 radical (unpaired) electrons. The van der Waals surface area contributed by atoms with Crippen molar-refractivity contribution in [2.24, 2.45) is 0 Å². The van der Waals surface area contributed by atoms with Crippen molar-refractivity contribution in [3.05, 3.63) is 64.9 Å². The third kappa shape index (κ3) is 4.89. The van der Waals surface area contributed by atoms with Crippen LogP contribution in [0, 0.1) is 0 Å². The molecule has 1 aliphatic heterocycles. The Labute approximate surface area is 184 Å². The Morgan fingerprint density at radius 2 is 1.93 bits per heavy atom. The molecule has 0 unspecified atom stereocenters. The second-order valence-corrected chi connectivity index (χ2v) is 7.96. The van der Waals surface area contributed by atoms with Gasteiger partial charge in [-0.15, -0.1) is 0 Å². The molecule has 10 heteroatoms. The summed E-state index contributed by atoms with van der Waals surface area (Å²) in [5.41, 5.74) is 0.966. The van der Waals surface area contributed by atoms with Gasteiger partial charge in [0.2, 0.25) is 12.7 Å². The monoisotopic (exact) mass is 486 g/mol. The molecule has 0 aliphatic carbocycles. The second-order valence-electron chi connectivity index (χ2n) is 6.08. The molecule has 152 valence electrons. The fourth-order valence-electron chi connectivity index (χ4n) is 2.62. The van der Waals surface area contributed by atoms with Gasteiger partial charge in [0.25, 0.3) is 5.91 Å². The van der Waals surface area contributed by atoms with E-state index in [1.165, 1.54) is 11.8 Å². The zero-order chi connectivity index (χ0) is 20.9. The molecule has 2 amide bonds. The number of pyridine rings is 2. The molecule has 3 heterocycles. The van der Waals surface area contributed by atoms with Crippen LogP contribution in [0.25, 0.3) is 0 Å². The molecule has 0 saturated heterocycles. The SMILES string of the molecule is O=C(CSc1ncccc1C(=O)Nc1ccc(Br)cn1)Nc1ccc2c(c1)OCO2. The maximum Gasteiger partial charge on any atom is 0.259 e. The van der Waals surface area contributed by atoms with E-state index in [2.05, 4.69) is 36.5 Å². The first kappa shape index (κ1) is 20.2. The van der Waals surface area contributed by atoms with E-state index in [1.807, 2.05) is 0 Å². The minimum atomic E-state index is -0.350. The van der Waals surface area contributed by atoms with E-state index in [0.29, 0.717) is 33.6 Å². The average molecular weight is 487 g/mol. The van der Waals surface area contributed by atoms with Gasteiger partial charge < -0.3 is 20.1 Å². The lowest BCUT2D eigenvalue weighted by atomic mass is 10.2. The molecule has 0 fully saturated rings. The molecule has 0 bridgehead atoms. The topological polar surface area (TPSA) is 102 Å². The summed E-state index contributed by atoms with van der Waals surface area (Å²) in [5.74, 6) is 1.16. The highest BCUT2D eigenvalue weighted by atomic mass is 79.9. The van der Waals surface area contributed by atoms with Gasteiger partial charge in [0, 0.05) is 28.6 Å². The Hall–Kier alpha value is -3.11. The molecule has 0 atom stereocenters. The van der Waals surface area contributed by atoms with Gasteiger partial charge in [-0.25, -0.2) is 9.97 Å². The van der Waals surface area contributed by atoms with E-state index in [4.69, 9.17) is 9.47 Å². The van der Waals surface area contributed by atoms with Crippen molar-refractivity contribution < 1.29 is 19.1 Å². The number of hydrogen-bond acceptors (Lipinski definition) is 7. The number of hydrogen-bond donors (Lipinski definition) is 2. The van der Waals surface area contributed by atoms with Crippen LogP contribution in [0.2, 0.25) is 0 Å². The Kier molecular flexibility index (Phi) is 6.15. The number of nitrogens with zero attached hydrogens (tertiary/aromatic N) is 2. The summed E-state index contributed by atoms with van der Waals surface area (Å²) in [6, 6.07) is 12.0. The van der Waals surface area contributed by atoms with Crippen LogP contribution < -0.4 is 20.1 Å². The molecule has 8 nitrogen and oxygen atoms in total. The molecule has 30 heavy (non-hydrogen) atoms. The third-order valence-electron chi connectivity index (χ3n) is 3.98. The first-order valence-electron chi connectivity index (χ1n) is 8.79. The quantitative estimate of drug-likeness (QED) is 0.508. The van der Waals surface area contributed by atoms with Crippen molar-refractivity contribution >= 4 is 51.0 Å². The number of halogens is 1. The Bertz CT molecular complexity index is 1090. The Morgan fingerprint density at radius 1 is 1.07 bits per heavy atom. The maximum absolute atomic E-state index is 12.6. The van der Waals surface area contributed by atoms with Gasteiger partial charge in [0.1, 0.15) is 10.8 Å². The smallest absolute Gasteiger partial charge is 0.259 e. The van der Waals surface area contributed by atoms with Crippen LogP contribution in [0.4, 0.5) is 11.5 Å². The van der Waals surface area contributed by atoms with Crippen LogP contribution in [0.15, 0.2) is 64.4 Å². The zero-order valence-corrected chi connectivity index (χ0v) is 17.8. The lowest BCUT2D eigenvalue weighted by Gasteiger charge is -2.09. The van der Waals surface area contributed by atoms with Crippen LogP contribution in [0.1, 0.15) is 10.4 Å². The van der Waals surface area contributed by atoms with Crippen molar-refractivity contribution in [1.29, 1.82) is 0 Å². The van der Waals surface area contributed by atoms with Crippen molar-refractivity contribution in [1.82, 2.24) is 9.97 Å². The van der Waals surface area contributed by atoms with Crippen LogP contribution in [0.5, 0.6) is 11.5 Å². The summed E-state index contributed by atoms with van der Waals surface area (Å²) < 4.78 is 11.4. The number of ether oxygens (including phenoxy) is 2. The lowest BCUT2D eigenvalue weighted by Crippen LogP contribution is -2.16. The Balaban J connectivity index is 1.38. The molecule has 1 aromatic carbocycles. The first-order chi connectivity index (χ1) is 14.6. The fourth-order valence-corrected chi connectivity index (χ4v) is 3.64. The molecule has 0 spiro atoms. The second kappa shape index (κ2) is 9.14. The summed E-state index contributed by atoms with van der Waals surface area (Å²) in [5, 5.41) is 5.98. The van der Waals surface area contributed by atoms with E-state index in [1.54, 1.807) is 54.9 Å². The molecule has 4 rings (SSSR count). The molecule has 1 aliphatic rings. The number of rotatable bonds is 6. The first-order valence-corrected chi connectivity index (χ1v) is 10.6. The van der Waals surface area contributed by atoms with E-state index in [0.717, 1.165) is 4.47 Å². The van der Waals surface area contributed by atoms with Crippen molar-refractivity contribution in [3.63, 3.8) is 0 Å². The van der Waals surface area contributed by atoms with Crippen molar-refractivity contribution in [3.8, 4) is 11.5 Å². The number of benzene rings is 1. The predicted octanol–water partition coefficient (Wildman–Crippen LogP) is 3.95. The number of carbonyl (C=O) groups is 2. The largest absolute Gasteiger partial charge is 0.454 e. The standard InChI is InChI=1S/C20H15BrN4O4S/c21-12-3-6-17(23-9-12)25-19(27)14-2-1-7-22-20(14)30-10-18(26)24-13-4-5-15-16(8-13)29-11-28-15/h1-9H,10-11H2,(H,24,26)(H,23,25,27). The number of nitrogens with one attached hydrogen (secondary N) is 2. The summed E-state index contributed by atoms with van der Waals surface area (Å²) in [4.78, 5) is 33.3. The summed E-state index contributed by atoms with van der Waals surface area (Å²) >= 11 is 4.47. The van der Waals surface area contributed by atoms with Crippen molar-refractivity contribution in [2.45, 2.75) is 5.03 Å². The van der Waals surface area contributed by atoms with Gasteiger partial charge in [-0.3, -0.25) is 9.59 Å². The Morgan fingerprint density at radius 3 is 2.77 bits per heavy atom. The minimum Gasteiger partial charge on any atom is -0.454 e. The highest BCUT2D eigenvalue weighted by molar-refractivity contribution is 9.10. The molecule has 0 saturated carbocycles. The molecular formula is C20H15BrN4O4S. The number of anilines is 2. The van der Waals surface area contributed by atoms with E-state index >= 15 is 0 Å². The maximum atomic E-state index is 12.6. The zero-order valence-electron chi connectivity index (χ0n) is 15.4. The van der Waals surface area contributed by atoms with Crippen LogP contribution in [-0.4, -0.2) is 34.3 Å². The predicted molar refractivity (Wildman–Crippen MR) is 116 cm³/mol. The molecule has 2 N–H and O–H groups in total. The number of aromatic nitrogens is 2. The summed E-state index contributed by atoms with van der Waals surface area (Å²) in [6.45, 7) is 0.170. The lowest BCUT2D eigenvalue weighted by molar-refractivity contribution is -0.113. The minimum absolute atomic E-state index is 0.0856. The summed E-state index contributed by atoms with van der Waals surface area (Å²) in [6.07, 6.45) is 3.17. The highest BCUT2D eigenvalue weighted by Crippen LogP contribution is 2.34. The van der Waals surface area contributed by atoms with Gasteiger partial charge in [0.05, 0.1) is 11.3 Å². The normalized spacial score (nSPS) is 11.8. The molecular weight excluding hydrogens is 472 g/mol. The number of carbonyl (C=O) groups excluding carboxylic acids is 2. The average Bonchev–Trinajstić information content (AvgIpc) is 3.22. The van der Waals surface area contributed by atoms with Gasteiger partial charge >= 0.3 is 0 Å². The number of amides is 2. The summed E-state index contributed by atoms with van der Waals surface area (Å²) in [7, 11) is 0. The number of thioether (sulfide) groups is 1. The third-order valence-corrected chi connectivity index (χ3v) is 5.46. The van der Waals surface area contributed by atoms with Gasteiger partial charge in [0.15, 0.2) is 11.5 Å². The van der Waals surface area contributed by atoms with E-state index in [-0.39, 0.29) is 24.4 Å². The van der Waals surface area contributed by atoms with Crippen LogP contribution >= 0.6 is 27.7 Å².